The lowest BCUT2D eigenvalue weighted by atomic mass is 10.4. The third-order valence-corrected chi connectivity index (χ3v) is 2.07. The summed E-state index contributed by atoms with van der Waals surface area (Å²) in [5.41, 5.74) is 0. The van der Waals surface area contributed by atoms with E-state index in [-0.39, 0.29) is 6.67 Å². The highest BCUT2D eigenvalue weighted by atomic mass is 16.6. The van der Waals surface area contributed by atoms with Gasteiger partial charge in [-0.05, 0) is 0 Å². The molecular formula is C9H12N2O6. The predicted octanol–water partition coefficient (Wildman–Crippen LogP) is -1.35. The molecule has 2 unspecified atom stereocenters. The van der Waals surface area contributed by atoms with Gasteiger partial charge in [0.1, 0.15) is 6.67 Å². The van der Waals surface area contributed by atoms with Gasteiger partial charge in [-0.15, -0.1) is 0 Å². The fourth-order valence-electron chi connectivity index (χ4n) is 1.46. The van der Waals surface area contributed by atoms with E-state index in [9.17, 15) is 19.2 Å². The van der Waals surface area contributed by atoms with Gasteiger partial charge in [0.2, 0.25) is 25.3 Å². The van der Waals surface area contributed by atoms with E-state index in [2.05, 4.69) is 0 Å². The molecule has 0 N–H and O–H groups in total. The molecule has 1 heterocycles. The summed E-state index contributed by atoms with van der Waals surface area (Å²) in [5, 5.41) is 0. The first-order chi connectivity index (χ1) is 7.99. The molecule has 0 radical (unpaired) electrons. The van der Waals surface area contributed by atoms with Crippen molar-refractivity contribution in [2.24, 2.45) is 0 Å². The van der Waals surface area contributed by atoms with Crippen molar-refractivity contribution >= 4 is 24.8 Å². The molecule has 0 bridgehead atoms. The van der Waals surface area contributed by atoms with Gasteiger partial charge in [0, 0.05) is 13.8 Å². The summed E-state index contributed by atoms with van der Waals surface area (Å²) >= 11 is 0. The molecule has 1 fully saturated rings. The average Bonchev–Trinajstić information content (AvgIpc) is 2.55. The smallest absolute Gasteiger partial charge is 0.304 e. The molecular weight excluding hydrogens is 232 g/mol. The minimum absolute atomic E-state index is 0.108. The number of carbonyl (C=O) groups excluding carboxylic acids is 4. The molecule has 2 amide bonds. The molecule has 1 aliphatic heterocycles. The summed E-state index contributed by atoms with van der Waals surface area (Å²) in [4.78, 5) is 45.3. The number of ether oxygens (including phenoxy) is 2. The van der Waals surface area contributed by atoms with Gasteiger partial charge in [0.25, 0.3) is 0 Å². The summed E-state index contributed by atoms with van der Waals surface area (Å²) in [7, 11) is 0. The maximum absolute atomic E-state index is 10.9. The molecule has 0 aliphatic carbocycles. The molecule has 1 rings (SSSR count). The Hall–Kier alpha value is -2.12. The molecule has 0 saturated carbocycles. The summed E-state index contributed by atoms with van der Waals surface area (Å²) in [5.74, 6) is -1.29. The molecule has 2 atom stereocenters. The number of rotatable bonds is 4. The lowest BCUT2D eigenvalue weighted by Gasteiger charge is -2.23. The minimum atomic E-state index is -1.11. The van der Waals surface area contributed by atoms with Crippen molar-refractivity contribution in [3.8, 4) is 0 Å². The molecule has 1 aliphatic rings. The van der Waals surface area contributed by atoms with Crippen LogP contribution in [0.15, 0.2) is 0 Å². The molecule has 0 aromatic heterocycles. The fourth-order valence-corrected chi connectivity index (χ4v) is 1.46. The number of hydrogen-bond donors (Lipinski definition) is 0. The first-order valence-electron chi connectivity index (χ1n) is 4.76. The van der Waals surface area contributed by atoms with Crippen LogP contribution in [0.5, 0.6) is 0 Å². The largest absolute Gasteiger partial charge is 0.435 e. The zero-order valence-corrected chi connectivity index (χ0v) is 9.36. The van der Waals surface area contributed by atoms with Crippen LogP contribution < -0.4 is 0 Å². The van der Waals surface area contributed by atoms with E-state index in [1.165, 1.54) is 0 Å². The van der Waals surface area contributed by atoms with Crippen molar-refractivity contribution in [3.63, 3.8) is 0 Å². The average molecular weight is 244 g/mol. The third kappa shape index (κ3) is 2.92. The maximum Gasteiger partial charge on any atom is 0.304 e. The summed E-state index contributed by atoms with van der Waals surface area (Å²) in [6.07, 6.45) is -1.40. The zero-order valence-electron chi connectivity index (χ0n) is 9.36. The lowest BCUT2D eigenvalue weighted by molar-refractivity contribution is -0.180. The molecule has 94 valence electrons. The molecule has 8 heteroatoms. The van der Waals surface area contributed by atoms with E-state index in [0.29, 0.717) is 12.8 Å². The predicted molar refractivity (Wildman–Crippen MR) is 51.8 cm³/mol. The summed E-state index contributed by atoms with van der Waals surface area (Å²) in [6.45, 7) is 2.19. The third-order valence-electron chi connectivity index (χ3n) is 2.07. The summed E-state index contributed by atoms with van der Waals surface area (Å²) in [6, 6.07) is 0. The van der Waals surface area contributed by atoms with Crippen molar-refractivity contribution in [2.45, 2.75) is 26.3 Å². The van der Waals surface area contributed by atoms with Gasteiger partial charge >= 0.3 is 11.9 Å². The number of carbonyl (C=O) groups is 4. The Morgan fingerprint density at radius 1 is 1.00 bits per heavy atom. The molecule has 0 aromatic carbocycles. The fraction of sp³-hybridized carbons (Fsp3) is 0.556. The van der Waals surface area contributed by atoms with Gasteiger partial charge in [-0.1, -0.05) is 0 Å². The Morgan fingerprint density at radius 3 is 1.59 bits per heavy atom. The zero-order chi connectivity index (χ0) is 13.0. The number of esters is 2. The Labute approximate surface area is 97.0 Å². The van der Waals surface area contributed by atoms with E-state index >= 15 is 0 Å². The highest BCUT2D eigenvalue weighted by Gasteiger charge is 2.43. The number of hydrogen-bond acceptors (Lipinski definition) is 6. The Morgan fingerprint density at radius 2 is 1.35 bits per heavy atom. The summed E-state index contributed by atoms with van der Waals surface area (Å²) < 4.78 is 9.68. The van der Waals surface area contributed by atoms with Crippen LogP contribution in [0.3, 0.4) is 0 Å². The van der Waals surface area contributed by atoms with E-state index < -0.39 is 24.4 Å². The van der Waals surface area contributed by atoms with Gasteiger partial charge in [-0.3, -0.25) is 29.0 Å². The van der Waals surface area contributed by atoms with Crippen LogP contribution in [0.1, 0.15) is 13.8 Å². The van der Waals surface area contributed by atoms with Crippen LogP contribution in [-0.2, 0) is 28.7 Å². The van der Waals surface area contributed by atoms with Gasteiger partial charge in [-0.25, -0.2) is 0 Å². The van der Waals surface area contributed by atoms with Crippen LogP contribution >= 0.6 is 0 Å². The lowest BCUT2D eigenvalue weighted by Crippen LogP contribution is -2.42. The Kier molecular flexibility index (Phi) is 4.02. The highest BCUT2D eigenvalue weighted by Crippen LogP contribution is 2.20. The normalized spacial score (nSPS) is 23.2. The van der Waals surface area contributed by atoms with Crippen LogP contribution in [0.2, 0.25) is 0 Å². The van der Waals surface area contributed by atoms with Gasteiger partial charge in [-0.2, -0.15) is 0 Å². The standard InChI is InChI=1S/C9H12N2O6/c1-6(14)16-8-9(17-7(2)15)11(5-13)3-10(8)4-12/h4-5,8-9H,3H2,1-2H3. The van der Waals surface area contributed by atoms with E-state index in [4.69, 9.17) is 9.47 Å². The quantitative estimate of drug-likeness (QED) is 0.448. The first-order valence-corrected chi connectivity index (χ1v) is 4.76. The van der Waals surface area contributed by atoms with Crippen LogP contribution in [-0.4, -0.2) is 53.7 Å². The van der Waals surface area contributed by atoms with E-state index in [1.807, 2.05) is 0 Å². The molecule has 0 spiro atoms. The van der Waals surface area contributed by atoms with Gasteiger partial charge in [0.05, 0.1) is 0 Å². The molecule has 17 heavy (non-hydrogen) atoms. The van der Waals surface area contributed by atoms with Crippen LogP contribution in [0, 0.1) is 0 Å². The van der Waals surface area contributed by atoms with E-state index in [0.717, 1.165) is 23.6 Å². The molecule has 8 nitrogen and oxygen atoms in total. The number of amides is 2. The topological polar surface area (TPSA) is 93.2 Å². The van der Waals surface area contributed by atoms with Crippen molar-refractivity contribution < 1.29 is 28.7 Å². The maximum atomic E-state index is 10.9. The van der Waals surface area contributed by atoms with Crippen LogP contribution in [0.4, 0.5) is 0 Å². The first kappa shape index (κ1) is 12.9. The van der Waals surface area contributed by atoms with Crippen LogP contribution in [0.25, 0.3) is 0 Å². The minimum Gasteiger partial charge on any atom is -0.435 e. The second-order valence-corrected chi connectivity index (χ2v) is 3.38. The van der Waals surface area contributed by atoms with Crippen molar-refractivity contribution in [2.75, 3.05) is 6.67 Å². The van der Waals surface area contributed by atoms with E-state index in [1.54, 1.807) is 0 Å². The molecule has 0 aromatic rings. The van der Waals surface area contributed by atoms with Gasteiger partial charge in [0.15, 0.2) is 0 Å². The second-order valence-electron chi connectivity index (χ2n) is 3.38. The van der Waals surface area contributed by atoms with Crippen molar-refractivity contribution in [3.05, 3.63) is 0 Å². The SMILES string of the molecule is CC(=O)OC1C(OC(C)=O)N(C=O)CN1C=O. The number of nitrogens with zero attached hydrogens (tertiary/aromatic N) is 2. The molecule has 1 saturated heterocycles. The second kappa shape index (κ2) is 5.28. The highest BCUT2D eigenvalue weighted by molar-refractivity contribution is 5.68. The monoisotopic (exact) mass is 244 g/mol. The Balaban J connectivity index is 2.89. The van der Waals surface area contributed by atoms with Gasteiger partial charge < -0.3 is 9.47 Å². The van der Waals surface area contributed by atoms with Crippen molar-refractivity contribution in [1.82, 2.24) is 9.80 Å². The Bertz CT molecular complexity index is 312. The van der Waals surface area contributed by atoms with Crippen molar-refractivity contribution in [1.29, 1.82) is 0 Å².